The molecule has 0 aliphatic rings. The van der Waals surface area contributed by atoms with E-state index in [0.29, 0.717) is 6.61 Å². The van der Waals surface area contributed by atoms with Gasteiger partial charge in [0.1, 0.15) is 24.3 Å². The van der Waals surface area contributed by atoms with Crippen molar-refractivity contribution >= 4 is 17.6 Å². The summed E-state index contributed by atoms with van der Waals surface area (Å²) in [7, 11) is 0. The normalized spacial score (nSPS) is 11.9. The minimum absolute atomic E-state index is 0.129. The number of carbonyl (C=O) groups is 1. The van der Waals surface area contributed by atoms with Crippen molar-refractivity contribution in [1.29, 1.82) is 0 Å². The zero-order valence-corrected chi connectivity index (χ0v) is 9.24. The van der Waals surface area contributed by atoms with Gasteiger partial charge in [-0.1, -0.05) is 18.2 Å². The number of para-hydroxylation sites is 1. The van der Waals surface area contributed by atoms with Crippen LogP contribution in [0.5, 0.6) is 5.75 Å². The van der Waals surface area contributed by atoms with Crippen LogP contribution in [0.3, 0.4) is 0 Å². The van der Waals surface area contributed by atoms with Crippen molar-refractivity contribution < 1.29 is 14.3 Å². The summed E-state index contributed by atoms with van der Waals surface area (Å²) in [6.45, 7) is 2.08. The van der Waals surface area contributed by atoms with Crippen LogP contribution in [0, 0.1) is 0 Å². The molecule has 3 nitrogen and oxygen atoms in total. The van der Waals surface area contributed by atoms with E-state index in [0.717, 1.165) is 5.75 Å². The van der Waals surface area contributed by atoms with Crippen LogP contribution in [0.15, 0.2) is 30.3 Å². The van der Waals surface area contributed by atoms with Crippen molar-refractivity contribution in [2.24, 2.45) is 0 Å². The second-order valence-electron chi connectivity index (χ2n) is 3.06. The molecule has 0 radical (unpaired) electrons. The summed E-state index contributed by atoms with van der Waals surface area (Å²) in [5.74, 6) is 0.197. The molecule has 0 amide bonds. The van der Waals surface area contributed by atoms with Crippen LogP contribution in [0.4, 0.5) is 0 Å². The third-order valence-electron chi connectivity index (χ3n) is 1.67. The van der Waals surface area contributed by atoms with E-state index < -0.39 is 5.97 Å². The van der Waals surface area contributed by atoms with E-state index in [-0.39, 0.29) is 12.0 Å². The third-order valence-corrected chi connectivity index (χ3v) is 1.89. The summed E-state index contributed by atoms with van der Waals surface area (Å²) in [5.41, 5.74) is 0. The van der Waals surface area contributed by atoms with Crippen LogP contribution in [-0.2, 0) is 9.53 Å². The molecule has 0 saturated heterocycles. The number of alkyl halides is 1. The average molecular weight is 229 g/mol. The zero-order valence-electron chi connectivity index (χ0n) is 8.48. The fraction of sp³-hybridized carbons (Fsp3) is 0.364. The Kier molecular flexibility index (Phi) is 4.98. The van der Waals surface area contributed by atoms with Gasteiger partial charge in [0.2, 0.25) is 0 Å². The van der Waals surface area contributed by atoms with Gasteiger partial charge in [-0.05, 0) is 19.1 Å². The molecule has 0 aromatic heterocycles. The van der Waals surface area contributed by atoms with E-state index >= 15 is 0 Å². The van der Waals surface area contributed by atoms with Gasteiger partial charge >= 0.3 is 5.97 Å². The largest absolute Gasteiger partial charge is 0.490 e. The summed E-state index contributed by atoms with van der Waals surface area (Å²) in [6.07, 6.45) is -0.295. The number of halogens is 1. The highest BCUT2D eigenvalue weighted by molar-refractivity contribution is 6.26. The molecule has 1 aromatic rings. The van der Waals surface area contributed by atoms with Gasteiger partial charge in [-0.3, -0.25) is 4.79 Å². The van der Waals surface area contributed by atoms with Gasteiger partial charge in [-0.2, -0.15) is 0 Å². The first kappa shape index (κ1) is 11.9. The topological polar surface area (TPSA) is 35.5 Å². The molecule has 0 saturated carbocycles. The molecule has 0 spiro atoms. The molecular formula is C11H13ClO3. The molecule has 1 atom stereocenters. The number of esters is 1. The van der Waals surface area contributed by atoms with Gasteiger partial charge in [-0.15, -0.1) is 11.6 Å². The molecule has 0 fully saturated rings. The lowest BCUT2D eigenvalue weighted by Gasteiger charge is -2.13. The van der Waals surface area contributed by atoms with Crippen molar-refractivity contribution in [2.75, 3.05) is 12.5 Å². The number of hydrogen-bond acceptors (Lipinski definition) is 3. The Morgan fingerprint density at radius 1 is 1.40 bits per heavy atom. The summed E-state index contributed by atoms with van der Waals surface area (Å²) < 4.78 is 10.3. The molecule has 15 heavy (non-hydrogen) atoms. The fourth-order valence-electron chi connectivity index (χ4n) is 1.02. The number of benzene rings is 1. The molecule has 0 N–H and O–H groups in total. The Morgan fingerprint density at radius 2 is 2.07 bits per heavy atom. The first-order chi connectivity index (χ1) is 7.22. The SMILES string of the molecule is CC(COc1ccccc1)OC(=O)CCl. The van der Waals surface area contributed by atoms with Crippen LogP contribution >= 0.6 is 11.6 Å². The number of ether oxygens (including phenoxy) is 2. The van der Waals surface area contributed by atoms with Gasteiger partial charge in [0, 0.05) is 0 Å². The molecular weight excluding hydrogens is 216 g/mol. The Hall–Kier alpha value is -1.22. The van der Waals surface area contributed by atoms with Crippen LogP contribution in [-0.4, -0.2) is 24.6 Å². The predicted molar refractivity (Wildman–Crippen MR) is 58.2 cm³/mol. The van der Waals surface area contributed by atoms with Crippen molar-refractivity contribution in [2.45, 2.75) is 13.0 Å². The maximum Gasteiger partial charge on any atom is 0.321 e. The van der Waals surface area contributed by atoms with Gasteiger partial charge in [0.05, 0.1) is 0 Å². The van der Waals surface area contributed by atoms with Crippen molar-refractivity contribution in [3.63, 3.8) is 0 Å². The Bertz CT molecular complexity index is 300. The van der Waals surface area contributed by atoms with E-state index in [1.54, 1.807) is 6.92 Å². The fourth-order valence-corrected chi connectivity index (χ4v) is 1.08. The second-order valence-corrected chi connectivity index (χ2v) is 3.33. The van der Waals surface area contributed by atoms with E-state index in [1.807, 2.05) is 30.3 Å². The number of hydrogen-bond donors (Lipinski definition) is 0. The predicted octanol–water partition coefficient (Wildman–Crippen LogP) is 2.24. The molecule has 0 aliphatic carbocycles. The lowest BCUT2D eigenvalue weighted by molar-refractivity contribution is -0.146. The van der Waals surface area contributed by atoms with Gasteiger partial charge in [0.15, 0.2) is 0 Å². The first-order valence-electron chi connectivity index (χ1n) is 4.65. The molecule has 0 heterocycles. The Balaban J connectivity index is 2.28. The van der Waals surface area contributed by atoms with Crippen LogP contribution in [0.25, 0.3) is 0 Å². The standard InChI is InChI=1S/C11H13ClO3/c1-9(15-11(13)7-12)8-14-10-5-3-2-4-6-10/h2-6,9H,7-8H2,1H3. The lowest BCUT2D eigenvalue weighted by atomic mass is 10.3. The van der Waals surface area contributed by atoms with E-state index in [2.05, 4.69) is 0 Å². The number of carbonyl (C=O) groups excluding carboxylic acids is 1. The summed E-state index contributed by atoms with van der Waals surface area (Å²) in [6, 6.07) is 9.35. The van der Waals surface area contributed by atoms with E-state index in [1.165, 1.54) is 0 Å². The minimum Gasteiger partial charge on any atom is -0.490 e. The van der Waals surface area contributed by atoms with Gasteiger partial charge in [0.25, 0.3) is 0 Å². The minimum atomic E-state index is -0.430. The van der Waals surface area contributed by atoms with Crippen molar-refractivity contribution in [3.8, 4) is 5.75 Å². The van der Waals surface area contributed by atoms with Gasteiger partial charge in [-0.25, -0.2) is 0 Å². The molecule has 4 heteroatoms. The maximum absolute atomic E-state index is 10.8. The Labute approximate surface area is 93.9 Å². The van der Waals surface area contributed by atoms with Gasteiger partial charge < -0.3 is 9.47 Å². The quantitative estimate of drug-likeness (QED) is 0.573. The zero-order chi connectivity index (χ0) is 11.1. The first-order valence-corrected chi connectivity index (χ1v) is 5.19. The summed E-state index contributed by atoms with van der Waals surface area (Å²) >= 11 is 5.30. The maximum atomic E-state index is 10.8. The molecule has 0 aliphatic heterocycles. The third kappa shape index (κ3) is 4.70. The van der Waals surface area contributed by atoms with Crippen LogP contribution < -0.4 is 4.74 Å². The van der Waals surface area contributed by atoms with Crippen LogP contribution in [0.1, 0.15) is 6.92 Å². The number of rotatable bonds is 5. The highest BCUT2D eigenvalue weighted by Crippen LogP contribution is 2.09. The lowest BCUT2D eigenvalue weighted by Crippen LogP contribution is -2.22. The molecule has 0 bridgehead atoms. The molecule has 1 unspecified atom stereocenters. The van der Waals surface area contributed by atoms with Crippen molar-refractivity contribution in [1.82, 2.24) is 0 Å². The average Bonchev–Trinajstić information content (AvgIpc) is 2.27. The monoisotopic (exact) mass is 228 g/mol. The highest BCUT2D eigenvalue weighted by atomic mass is 35.5. The molecule has 1 aromatic carbocycles. The Morgan fingerprint density at radius 3 is 2.67 bits per heavy atom. The second kappa shape index (κ2) is 6.30. The summed E-state index contributed by atoms with van der Waals surface area (Å²) in [5, 5.41) is 0. The summed E-state index contributed by atoms with van der Waals surface area (Å²) in [4.78, 5) is 10.8. The van der Waals surface area contributed by atoms with Crippen LogP contribution in [0.2, 0.25) is 0 Å². The van der Waals surface area contributed by atoms with E-state index in [4.69, 9.17) is 21.1 Å². The van der Waals surface area contributed by atoms with Crippen molar-refractivity contribution in [3.05, 3.63) is 30.3 Å². The smallest absolute Gasteiger partial charge is 0.321 e. The van der Waals surface area contributed by atoms with E-state index in [9.17, 15) is 4.79 Å². The highest BCUT2D eigenvalue weighted by Gasteiger charge is 2.08. The molecule has 1 rings (SSSR count). The molecule has 82 valence electrons.